The molecule has 11 nitrogen and oxygen atoms in total. The molecule has 0 aliphatic carbocycles. The molecule has 0 aromatic heterocycles. The average molecular weight is 1290 g/mol. The number of carbonyl (C=O) groups is 2. The zero-order valence-corrected chi connectivity index (χ0v) is 59.1. The summed E-state index contributed by atoms with van der Waals surface area (Å²) in [6.07, 6.45) is 82.7. The van der Waals surface area contributed by atoms with Gasteiger partial charge < -0.3 is 45.1 Å². The van der Waals surface area contributed by atoms with Gasteiger partial charge in [-0.15, -0.1) is 0 Å². The third-order valence-corrected chi connectivity index (χ3v) is 17.4. The highest BCUT2D eigenvalue weighted by atomic mass is 16.7. The molecule has 1 amide bonds. The van der Waals surface area contributed by atoms with E-state index in [1.165, 1.54) is 161 Å². The van der Waals surface area contributed by atoms with Crippen LogP contribution in [-0.4, -0.2) is 99.6 Å². The number of aliphatic hydroxyl groups is 5. The van der Waals surface area contributed by atoms with Crippen LogP contribution in [0, 0.1) is 0 Å². The summed E-state index contributed by atoms with van der Waals surface area (Å²) in [7, 11) is 0. The van der Waals surface area contributed by atoms with Crippen molar-refractivity contribution in [3.05, 3.63) is 109 Å². The van der Waals surface area contributed by atoms with Gasteiger partial charge in [-0.05, 0) is 109 Å². The molecular weight excluding hydrogens is 1150 g/mol. The molecule has 0 spiro atoms. The lowest BCUT2D eigenvalue weighted by Crippen LogP contribution is -2.61. The standard InChI is InChI=1S/C81H141NO10/c1-4-7-10-13-16-19-22-25-27-29-31-33-35-37-39-40-42-44-46-48-50-53-56-59-62-65-68-74(85)80(89)82-72(73(84)67-64-61-58-55-52-24-21-18-15-12-9-6-3)71-90-81-79(78(88)77(87)75(70-83)91-81)92-76(86)69-66-63-60-57-54-51-49-47-45-43-41-38-36-34-32-30-28-26-23-20-17-14-11-8-5-2/h8,11,16-17,19-20,25-28,32,34,38,41,45,47,64,67,72-75,77-79,81,83-85,87-88H,4-7,9-10,12-15,18,21-24,29-31,33,35-37,39-40,42-44,46,48-63,65-66,68-71H2,1-3H3,(H,82,89)/b11-8-,19-16-,20-17-,27-25-,28-26-,34-32-,41-38-,47-45-,67-64+. The minimum absolute atomic E-state index is 0.102. The van der Waals surface area contributed by atoms with Crippen molar-refractivity contribution in [2.45, 2.75) is 378 Å². The Balaban J connectivity index is 2.54. The number of aliphatic hydroxyl groups excluding tert-OH is 5. The fraction of sp³-hybridized carbons (Fsp3) is 0.753. The van der Waals surface area contributed by atoms with Crippen molar-refractivity contribution in [2.75, 3.05) is 13.2 Å². The van der Waals surface area contributed by atoms with E-state index >= 15 is 0 Å². The van der Waals surface area contributed by atoms with Crippen molar-refractivity contribution in [1.82, 2.24) is 5.32 Å². The molecule has 1 aliphatic rings. The van der Waals surface area contributed by atoms with E-state index in [2.05, 4.69) is 123 Å². The van der Waals surface area contributed by atoms with Crippen molar-refractivity contribution in [3.8, 4) is 0 Å². The lowest BCUT2D eigenvalue weighted by Gasteiger charge is -2.41. The summed E-state index contributed by atoms with van der Waals surface area (Å²) in [5.41, 5.74) is 0. The van der Waals surface area contributed by atoms with Crippen LogP contribution in [0.2, 0.25) is 0 Å². The van der Waals surface area contributed by atoms with Crippen molar-refractivity contribution >= 4 is 11.9 Å². The third kappa shape index (κ3) is 53.6. The maximum Gasteiger partial charge on any atom is 0.306 e. The maximum absolute atomic E-state index is 13.5. The molecule has 1 fully saturated rings. The fourth-order valence-corrected chi connectivity index (χ4v) is 11.5. The van der Waals surface area contributed by atoms with E-state index in [1.54, 1.807) is 6.08 Å². The predicted molar refractivity (Wildman–Crippen MR) is 388 cm³/mol. The van der Waals surface area contributed by atoms with Gasteiger partial charge in [-0.25, -0.2) is 0 Å². The second kappa shape index (κ2) is 67.3. The molecule has 1 heterocycles. The van der Waals surface area contributed by atoms with Gasteiger partial charge in [0.2, 0.25) is 5.91 Å². The zero-order chi connectivity index (χ0) is 66.7. The number of nitrogens with one attached hydrogen (secondary N) is 1. The number of hydrogen-bond acceptors (Lipinski definition) is 10. The van der Waals surface area contributed by atoms with Crippen LogP contribution in [-0.2, 0) is 23.8 Å². The summed E-state index contributed by atoms with van der Waals surface area (Å²) in [5.74, 6) is -1.21. The highest BCUT2D eigenvalue weighted by Gasteiger charge is 2.47. The van der Waals surface area contributed by atoms with Gasteiger partial charge in [0.15, 0.2) is 12.4 Å². The minimum atomic E-state index is -1.63. The van der Waals surface area contributed by atoms with Crippen molar-refractivity contribution < 1.29 is 49.3 Å². The van der Waals surface area contributed by atoms with Gasteiger partial charge in [-0.2, -0.15) is 0 Å². The summed E-state index contributed by atoms with van der Waals surface area (Å²) in [5, 5.41) is 57.4. The highest BCUT2D eigenvalue weighted by molar-refractivity contribution is 5.80. The van der Waals surface area contributed by atoms with E-state index < -0.39 is 67.4 Å². The number of unbranched alkanes of at least 4 members (excludes halogenated alkanes) is 35. The monoisotopic (exact) mass is 1290 g/mol. The van der Waals surface area contributed by atoms with Gasteiger partial charge in [0, 0.05) is 6.42 Å². The topological polar surface area (TPSA) is 175 Å². The molecule has 8 unspecified atom stereocenters. The second-order valence-electron chi connectivity index (χ2n) is 26.0. The first-order valence-electron chi connectivity index (χ1n) is 38.2. The van der Waals surface area contributed by atoms with Crippen LogP contribution in [0.3, 0.4) is 0 Å². The van der Waals surface area contributed by atoms with E-state index in [1.807, 2.05) is 6.08 Å². The van der Waals surface area contributed by atoms with Crippen LogP contribution in [0.15, 0.2) is 109 Å². The van der Waals surface area contributed by atoms with Crippen LogP contribution in [0.1, 0.15) is 329 Å². The number of hydrogen-bond donors (Lipinski definition) is 6. The van der Waals surface area contributed by atoms with Crippen LogP contribution < -0.4 is 5.32 Å². The van der Waals surface area contributed by atoms with E-state index in [-0.39, 0.29) is 19.4 Å². The largest absolute Gasteiger partial charge is 0.454 e. The Morgan fingerprint density at radius 3 is 1.20 bits per heavy atom. The lowest BCUT2D eigenvalue weighted by molar-refractivity contribution is -0.305. The van der Waals surface area contributed by atoms with Crippen LogP contribution >= 0.6 is 0 Å². The number of allylic oxidation sites excluding steroid dienone is 17. The van der Waals surface area contributed by atoms with Crippen LogP contribution in [0.25, 0.3) is 0 Å². The Labute approximate surface area is 564 Å². The van der Waals surface area contributed by atoms with E-state index in [4.69, 9.17) is 14.2 Å². The normalized spacial score (nSPS) is 18.5. The van der Waals surface area contributed by atoms with E-state index in [0.29, 0.717) is 12.8 Å². The summed E-state index contributed by atoms with van der Waals surface area (Å²) in [6.45, 7) is 5.68. The molecule has 1 rings (SSSR count). The Kier molecular flexibility index (Phi) is 63.2. The Hall–Kier alpha value is -3.68. The second-order valence-corrected chi connectivity index (χ2v) is 26.0. The molecule has 11 heteroatoms. The molecular formula is C81H141NO10. The molecule has 8 atom stereocenters. The van der Waals surface area contributed by atoms with Crippen molar-refractivity contribution in [3.63, 3.8) is 0 Å². The number of carbonyl (C=O) groups excluding carboxylic acids is 2. The number of amides is 1. The molecule has 92 heavy (non-hydrogen) atoms. The van der Waals surface area contributed by atoms with Crippen LogP contribution in [0.4, 0.5) is 0 Å². The van der Waals surface area contributed by atoms with Crippen molar-refractivity contribution in [1.29, 1.82) is 0 Å². The Morgan fingerprint density at radius 1 is 0.435 bits per heavy atom. The third-order valence-electron chi connectivity index (χ3n) is 17.4. The van der Waals surface area contributed by atoms with Crippen molar-refractivity contribution in [2.24, 2.45) is 0 Å². The summed E-state index contributed by atoms with van der Waals surface area (Å²) in [6, 6.07) is -1.03. The van der Waals surface area contributed by atoms with Gasteiger partial charge in [0.1, 0.15) is 24.4 Å². The minimum Gasteiger partial charge on any atom is -0.454 e. The number of ether oxygens (including phenoxy) is 3. The first-order chi connectivity index (χ1) is 45.2. The van der Waals surface area contributed by atoms with Gasteiger partial charge in [0.25, 0.3) is 0 Å². The van der Waals surface area contributed by atoms with Gasteiger partial charge in [0.05, 0.1) is 25.4 Å². The first kappa shape index (κ1) is 86.3. The molecule has 1 saturated heterocycles. The zero-order valence-electron chi connectivity index (χ0n) is 59.1. The van der Waals surface area contributed by atoms with Gasteiger partial charge in [-0.1, -0.05) is 323 Å². The maximum atomic E-state index is 13.5. The number of rotatable bonds is 65. The fourth-order valence-electron chi connectivity index (χ4n) is 11.5. The summed E-state index contributed by atoms with van der Waals surface area (Å²) in [4.78, 5) is 26.7. The molecule has 530 valence electrons. The summed E-state index contributed by atoms with van der Waals surface area (Å²) < 4.78 is 17.7. The van der Waals surface area contributed by atoms with Gasteiger partial charge in [-0.3, -0.25) is 9.59 Å². The average Bonchev–Trinajstić information content (AvgIpc) is 0.875. The molecule has 0 saturated carbocycles. The Bertz CT molecular complexity index is 1920. The lowest BCUT2D eigenvalue weighted by atomic mass is 9.99. The SMILES string of the molecule is CC/C=C\C/C=C\C/C=C\C/C=C\C/C=C\C/C=C\CCCCCCCCC(=O)OC1C(OCC(NC(=O)C(O)CCCCCCCCCCCCCCCCCC/C=C\C/C=C\CCCCC)C(O)/C=C/CCCCCCCCCCCC)OC(CO)C(O)C1O. The smallest absolute Gasteiger partial charge is 0.306 e. The molecule has 0 aromatic rings. The quantitative estimate of drug-likeness (QED) is 0.0195. The predicted octanol–water partition coefficient (Wildman–Crippen LogP) is 20.4. The van der Waals surface area contributed by atoms with E-state index in [0.717, 1.165) is 122 Å². The molecule has 0 bridgehead atoms. The first-order valence-corrected chi connectivity index (χ1v) is 38.2. The number of esters is 1. The molecule has 0 aromatic carbocycles. The molecule has 1 aliphatic heterocycles. The Morgan fingerprint density at radius 2 is 0.783 bits per heavy atom. The van der Waals surface area contributed by atoms with Gasteiger partial charge >= 0.3 is 5.97 Å². The van der Waals surface area contributed by atoms with E-state index in [9.17, 15) is 35.1 Å². The molecule has 0 radical (unpaired) electrons. The highest BCUT2D eigenvalue weighted by Crippen LogP contribution is 2.26. The molecule has 6 N–H and O–H groups in total. The summed E-state index contributed by atoms with van der Waals surface area (Å²) >= 11 is 0. The van der Waals surface area contributed by atoms with Crippen LogP contribution in [0.5, 0.6) is 0 Å².